The van der Waals surface area contributed by atoms with Crippen LogP contribution in [0.1, 0.15) is 48.4 Å². The van der Waals surface area contributed by atoms with Crippen LogP contribution in [0.5, 0.6) is 0 Å². The van der Waals surface area contributed by atoms with Gasteiger partial charge in [0.25, 0.3) is 0 Å². The highest BCUT2D eigenvalue weighted by molar-refractivity contribution is 7.09. The van der Waals surface area contributed by atoms with E-state index in [4.69, 9.17) is 0 Å². The molecule has 25 heavy (non-hydrogen) atoms. The van der Waals surface area contributed by atoms with Crippen LogP contribution in [-0.2, 0) is 11.3 Å². The Bertz CT molecular complexity index is 732. The van der Waals surface area contributed by atoms with Crippen LogP contribution in [0.4, 0.5) is 4.39 Å². The van der Waals surface area contributed by atoms with Crippen molar-refractivity contribution in [1.29, 1.82) is 0 Å². The molecule has 0 spiro atoms. The zero-order valence-electron chi connectivity index (χ0n) is 14.5. The number of hydrogen-bond acceptors (Lipinski definition) is 3. The monoisotopic (exact) mass is 358 g/mol. The van der Waals surface area contributed by atoms with Crippen molar-refractivity contribution < 1.29 is 9.18 Å². The van der Waals surface area contributed by atoms with Crippen LogP contribution in [0.15, 0.2) is 35.7 Å². The third-order valence-electron chi connectivity index (χ3n) is 4.60. The molecule has 2 aromatic rings. The van der Waals surface area contributed by atoms with Gasteiger partial charge in [-0.25, -0.2) is 9.37 Å². The molecule has 1 heterocycles. The average molecular weight is 358 g/mol. The summed E-state index contributed by atoms with van der Waals surface area (Å²) in [7, 11) is 0. The first kappa shape index (κ1) is 17.8. The number of carbonyl (C=O) groups is 1. The maximum Gasteiger partial charge on any atom is 0.247 e. The number of rotatable bonds is 5. The highest BCUT2D eigenvalue weighted by atomic mass is 32.1. The van der Waals surface area contributed by atoms with Gasteiger partial charge < -0.3 is 4.90 Å². The van der Waals surface area contributed by atoms with Gasteiger partial charge >= 0.3 is 0 Å². The lowest BCUT2D eigenvalue weighted by Gasteiger charge is -2.34. The maximum atomic E-state index is 13.2. The molecule has 3 nitrogen and oxygen atoms in total. The summed E-state index contributed by atoms with van der Waals surface area (Å²) in [6.07, 6.45) is 9.04. The van der Waals surface area contributed by atoms with Crippen LogP contribution in [0.25, 0.3) is 6.08 Å². The number of nitrogens with zero attached hydrogens (tertiary/aromatic N) is 2. The van der Waals surface area contributed by atoms with Crippen molar-refractivity contribution in [3.8, 4) is 0 Å². The zero-order chi connectivity index (χ0) is 17.6. The Morgan fingerprint density at radius 2 is 2.00 bits per heavy atom. The lowest BCUT2D eigenvalue weighted by atomic mass is 9.93. The Hall–Kier alpha value is -2.01. The van der Waals surface area contributed by atoms with Crippen molar-refractivity contribution >= 4 is 23.3 Å². The Morgan fingerprint density at radius 1 is 1.28 bits per heavy atom. The standard InChI is InChI=1S/C20H23FN2OS/c1-15-22-18(14-25-15)11-12-20(24)23(19-5-3-2-4-6-19)13-16-7-9-17(21)10-8-16/h7-12,14,19H,2-6,13H2,1H3/b12-11+. The molecular weight excluding hydrogens is 335 g/mol. The van der Waals surface area contributed by atoms with Gasteiger partial charge in [0.15, 0.2) is 0 Å². The summed E-state index contributed by atoms with van der Waals surface area (Å²) in [6.45, 7) is 2.47. The summed E-state index contributed by atoms with van der Waals surface area (Å²) in [5.74, 6) is -0.250. The Balaban J connectivity index is 1.75. The topological polar surface area (TPSA) is 33.2 Å². The van der Waals surface area contributed by atoms with E-state index >= 15 is 0 Å². The fourth-order valence-corrected chi connectivity index (χ4v) is 3.86. The molecule has 1 saturated carbocycles. The van der Waals surface area contributed by atoms with Gasteiger partial charge in [-0.2, -0.15) is 0 Å². The first-order chi connectivity index (χ1) is 12.1. The first-order valence-corrected chi connectivity index (χ1v) is 9.65. The molecule has 0 aliphatic heterocycles. The minimum absolute atomic E-state index is 0.00174. The molecule has 5 heteroatoms. The van der Waals surface area contributed by atoms with Crippen LogP contribution in [0.3, 0.4) is 0 Å². The van der Waals surface area contributed by atoms with E-state index in [1.54, 1.807) is 35.6 Å². The Labute approximate surface area is 152 Å². The quantitative estimate of drug-likeness (QED) is 0.707. The van der Waals surface area contributed by atoms with Crippen molar-refractivity contribution in [3.05, 3.63) is 57.8 Å². The van der Waals surface area contributed by atoms with Gasteiger partial charge in [-0.3, -0.25) is 4.79 Å². The molecular formula is C20H23FN2OS. The van der Waals surface area contributed by atoms with E-state index in [0.717, 1.165) is 41.9 Å². The molecule has 1 amide bonds. The summed E-state index contributed by atoms with van der Waals surface area (Å²) in [4.78, 5) is 19.1. The average Bonchev–Trinajstić information content (AvgIpc) is 3.05. The second kappa shape index (κ2) is 8.39. The number of aryl methyl sites for hydroxylation is 1. The van der Waals surface area contributed by atoms with E-state index in [1.165, 1.54) is 18.6 Å². The predicted molar refractivity (Wildman–Crippen MR) is 99.7 cm³/mol. The summed E-state index contributed by atoms with van der Waals surface area (Å²) < 4.78 is 13.2. The molecule has 1 aliphatic carbocycles. The molecule has 1 aromatic heterocycles. The summed E-state index contributed by atoms with van der Waals surface area (Å²) >= 11 is 1.57. The molecule has 132 valence electrons. The van der Waals surface area contributed by atoms with E-state index in [-0.39, 0.29) is 17.8 Å². The van der Waals surface area contributed by atoms with Gasteiger partial charge in [-0.1, -0.05) is 31.4 Å². The lowest BCUT2D eigenvalue weighted by Crippen LogP contribution is -2.40. The van der Waals surface area contributed by atoms with E-state index in [9.17, 15) is 9.18 Å². The highest BCUT2D eigenvalue weighted by Crippen LogP contribution is 2.25. The third-order valence-corrected chi connectivity index (χ3v) is 5.39. The van der Waals surface area contributed by atoms with Crippen LogP contribution < -0.4 is 0 Å². The predicted octanol–water partition coefficient (Wildman–Crippen LogP) is 4.97. The molecule has 1 fully saturated rings. The third kappa shape index (κ3) is 4.98. The zero-order valence-corrected chi connectivity index (χ0v) is 15.3. The van der Waals surface area contributed by atoms with Gasteiger partial charge in [-0.15, -0.1) is 11.3 Å². The van der Waals surface area contributed by atoms with E-state index in [0.29, 0.717) is 6.54 Å². The second-order valence-corrected chi connectivity index (χ2v) is 7.57. The SMILES string of the molecule is Cc1nc(/C=C/C(=O)N(Cc2ccc(F)cc2)C2CCCCC2)cs1. The Morgan fingerprint density at radius 3 is 2.64 bits per heavy atom. The molecule has 1 aliphatic rings. The number of amides is 1. The van der Waals surface area contributed by atoms with Crippen LogP contribution in [0, 0.1) is 12.7 Å². The number of thiazole rings is 1. The summed E-state index contributed by atoms with van der Waals surface area (Å²) in [5, 5.41) is 2.94. The van der Waals surface area contributed by atoms with Crippen molar-refractivity contribution in [2.45, 2.75) is 51.6 Å². The highest BCUT2D eigenvalue weighted by Gasteiger charge is 2.24. The first-order valence-electron chi connectivity index (χ1n) is 8.77. The minimum atomic E-state index is -0.252. The number of hydrogen-bond donors (Lipinski definition) is 0. The lowest BCUT2D eigenvalue weighted by molar-refractivity contribution is -0.129. The molecule has 0 N–H and O–H groups in total. The minimum Gasteiger partial charge on any atom is -0.332 e. The van der Waals surface area contributed by atoms with E-state index < -0.39 is 0 Å². The molecule has 1 aromatic carbocycles. The molecule has 0 bridgehead atoms. The summed E-state index contributed by atoms with van der Waals surface area (Å²) in [5.41, 5.74) is 1.78. The number of benzene rings is 1. The van der Waals surface area contributed by atoms with Crippen LogP contribution in [-0.4, -0.2) is 21.8 Å². The number of aromatic nitrogens is 1. The Kier molecular flexibility index (Phi) is 5.97. The van der Waals surface area contributed by atoms with Gasteiger partial charge in [0.2, 0.25) is 5.91 Å². The molecule has 0 unspecified atom stereocenters. The van der Waals surface area contributed by atoms with Crippen molar-refractivity contribution in [2.75, 3.05) is 0 Å². The summed E-state index contributed by atoms with van der Waals surface area (Å²) in [6, 6.07) is 6.67. The van der Waals surface area contributed by atoms with Crippen molar-refractivity contribution in [2.24, 2.45) is 0 Å². The fourth-order valence-electron chi connectivity index (χ4n) is 3.28. The van der Waals surface area contributed by atoms with Gasteiger partial charge in [0.05, 0.1) is 10.7 Å². The largest absolute Gasteiger partial charge is 0.332 e. The molecule has 0 saturated heterocycles. The smallest absolute Gasteiger partial charge is 0.247 e. The van der Waals surface area contributed by atoms with E-state index in [2.05, 4.69) is 4.98 Å². The van der Waals surface area contributed by atoms with Gasteiger partial charge in [0.1, 0.15) is 5.82 Å². The van der Waals surface area contributed by atoms with Crippen molar-refractivity contribution in [1.82, 2.24) is 9.88 Å². The number of halogens is 1. The normalized spacial score (nSPS) is 15.6. The van der Waals surface area contributed by atoms with Crippen LogP contribution >= 0.6 is 11.3 Å². The van der Waals surface area contributed by atoms with Crippen molar-refractivity contribution in [3.63, 3.8) is 0 Å². The second-order valence-electron chi connectivity index (χ2n) is 6.51. The van der Waals surface area contributed by atoms with Gasteiger partial charge in [0, 0.05) is 24.0 Å². The van der Waals surface area contributed by atoms with Crippen LogP contribution in [0.2, 0.25) is 0 Å². The fraction of sp³-hybridized carbons (Fsp3) is 0.400. The van der Waals surface area contributed by atoms with Gasteiger partial charge in [-0.05, 0) is 43.5 Å². The molecule has 3 rings (SSSR count). The van der Waals surface area contributed by atoms with E-state index in [1.807, 2.05) is 17.2 Å². The number of carbonyl (C=O) groups excluding carboxylic acids is 1. The maximum absolute atomic E-state index is 13.2. The molecule has 0 atom stereocenters. The molecule has 0 radical (unpaired) electrons.